The van der Waals surface area contributed by atoms with Crippen LogP contribution in [0.3, 0.4) is 0 Å². The van der Waals surface area contributed by atoms with E-state index in [0.717, 1.165) is 26.2 Å². The number of rotatable bonds is 4. The van der Waals surface area contributed by atoms with Crippen molar-refractivity contribution in [3.63, 3.8) is 0 Å². The Hall–Kier alpha value is -2.73. The maximum absolute atomic E-state index is 12.5. The van der Waals surface area contributed by atoms with Crippen LogP contribution in [0.2, 0.25) is 5.02 Å². The Morgan fingerprint density at radius 1 is 0.806 bits per heavy atom. The number of hydrogen-bond donors (Lipinski definition) is 1. The third-order valence-electron chi connectivity index (χ3n) is 5.54. The average molecular weight is 450 g/mol. The maximum atomic E-state index is 12.5. The minimum absolute atomic E-state index is 0.191. The summed E-state index contributed by atoms with van der Waals surface area (Å²) in [5.74, 6) is -0.274. The maximum Gasteiger partial charge on any atom is 0.258 e. The van der Waals surface area contributed by atoms with Crippen molar-refractivity contribution in [1.82, 2.24) is 15.1 Å². The summed E-state index contributed by atoms with van der Waals surface area (Å²) >= 11 is 11.7. The first-order valence-corrected chi connectivity index (χ1v) is 11.1. The summed E-state index contributed by atoms with van der Waals surface area (Å²) in [7, 11) is 0. The highest BCUT2D eigenvalue weighted by Crippen LogP contribution is 2.29. The van der Waals surface area contributed by atoms with Gasteiger partial charge in [-0.25, -0.2) is 0 Å². The number of piperazine rings is 1. The van der Waals surface area contributed by atoms with E-state index in [1.807, 2.05) is 17.0 Å². The Kier molecular flexibility index (Phi) is 6.97. The standard InChI is InChI=1S/C25H24ClN3OS/c26-22-14-8-7-13-21(22)24(30)27-25(31)29-17-15-28(16-18-29)23(19-9-3-1-4-10-19)20-11-5-2-6-12-20/h1-14,23H,15-18H2,(H,27,30,31). The molecule has 1 saturated heterocycles. The van der Waals surface area contributed by atoms with Gasteiger partial charge in [0.2, 0.25) is 0 Å². The zero-order valence-electron chi connectivity index (χ0n) is 17.1. The van der Waals surface area contributed by atoms with Gasteiger partial charge in [-0.2, -0.15) is 0 Å². The van der Waals surface area contributed by atoms with Gasteiger partial charge in [-0.3, -0.25) is 15.0 Å². The third-order valence-corrected chi connectivity index (χ3v) is 6.23. The van der Waals surface area contributed by atoms with E-state index in [2.05, 4.69) is 58.7 Å². The summed E-state index contributed by atoms with van der Waals surface area (Å²) in [6.45, 7) is 3.18. The highest BCUT2D eigenvalue weighted by molar-refractivity contribution is 7.80. The number of nitrogens with zero attached hydrogens (tertiary/aromatic N) is 2. The first-order chi connectivity index (χ1) is 15.1. The van der Waals surface area contributed by atoms with Crippen LogP contribution in [-0.2, 0) is 0 Å². The zero-order valence-corrected chi connectivity index (χ0v) is 18.6. The molecule has 0 atom stereocenters. The quantitative estimate of drug-likeness (QED) is 0.582. The molecule has 0 spiro atoms. The lowest BCUT2D eigenvalue weighted by atomic mass is 9.96. The van der Waals surface area contributed by atoms with Crippen molar-refractivity contribution >= 4 is 34.8 Å². The SMILES string of the molecule is O=C(NC(=S)N1CCN(C(c2ccccc2)c2ccccc2)CC1)c1ccccc1Cl. The number of amides is 1. The van der Waals surface area contributed by atoms with Crippen LogP contribution in [0.4, 0.5) is 0 Å². The molecule has 1 aliphatic rings. The predicted octanol–water partition coefficient (Wildman–Crippen LogP) is 4.76. The Balaban J connectivity index is 1.42. The number of halogens is 1. The molecular formula is C25H24ClN3OS. The molecule has 1 amide bonds. The van der Waals surface area contributed by atoms with Crippen LogP contribution in [0, 0.1) is 0 Å². The van der Waals surface area contributed by atoms with Crippen LogP contribution in [0.5, 0.6) is 0 Å². The monoisotopic (exact) mass is 449 g/mol. The summed E-state index contributed by atoms with van der Waals surface area (Å²) in [6.07, 6.45) is 0. The third kappa shape index (κ3) is 5.13. The minimum atomic E-state index is -0.274. The van der Waals surface area contributed by atoms with Crippen molar-refractivity contribution in [3.8, 4) is 0 Å². The molecule has 1 N–H and O–H groups in total. The van der Waals surface area contributed by atoms with Gasteiger partial charge in [0.05, 0.1) is 16.6 Å². The van der Waals surface area contributed by atoms with Gasteiger partial charge in [-0.15, -0.1) is 0 Å². The summed E-state index contributed by atoms with van der Waals surface area (Å²) in [6, 6.07) is 28.3. The van der Waals surface area contributed by atoms with Gasteiger partial charge in [-0.1, -0.05) is 84.4 Å². The van der Waals surface area contributed by atoms with Crippen molar-refractivity contribution in [3.05, 3.63) is 107 Å². The van der Waals surface area contributed by atoms with E-state index in [0.29, 0.717) is 15.7 Å². The van der Waals surface area contributed by atoms with E-state index in [9.17, 15) is 4.79 Å². The fourth-order valence-corrected chi connectivity index (χ4v) is 4.45. The number of benzene rings is 3. The topological polar surface area (TPSA) is 35.6 Å². The summed E-state index contributed by atoms with van der Waals surface area (Å²) in [5.41, 5.74) is 2.98. The normalized spacial score (nSPS) is 14.5. The lowest BCUT2D eigenvalue weighted by Crippen LogP contribution is -2.53. The van der Waals surface area contributed by atoms with Crippen molar-refractivity contribution < 1.29 is 4.79 Å². The van der Waals surface area contributed by atoms with Crippen molar-refractivity contribution in [1.29, 1.82) is 0 Å². The van der Waals surface area contributed by atoms with Crippen molar-refractivity contribution in [2.45, 2.75) is 6.04 Å². The molecule has 1 fully saturated rings. The Morgan fingerprint density at radius 3 is 1.87 bits per heavy atom. The molecule has 0 bridgehead atoms. The number of nitrogens with one attached hydrogen (secondary N) is 1. The molecule has 4 rings (SSSR count). The highest BCUT2D eigenvalue weighted by atomic mass is 35.5. The minimum Gasteiger partial charge on any atom is -0.346 e. The van der Waals surface area contributed by atoms with Crippen molar-refractivity contribution in [2.24, 2.45) is 0 Å². The van der Waals surface area contributed by atoms with E-state index in [-0.39, 0.29) is 11.9 Å². The molecule has 0 aromatic heterocycles. The van der Waals surface area contributed by atoms with Gasteiger partial charge < -0.3 is 4.90 Å². The lowest BCUT2D eigenvalue weighted by molar-refractivity contribution is 0.0967. The number of carbonyl (C=O) groups excluding carboxylic acids is 1. The van der Waals surface area contributed by atoms with Crippen LogP contribution in [0.1, 0.15) is 27.5 Å². The van der Waals surface area contributed by atoms with Crippen LogP contribution in [0.15, 0.2) is 84.9 Å². The zero-order chi connectivity index (χ0) is 21.6. The molecule has 0 saturated carbocycles. The highest BCUT2D eigenvalue weighted by Gasteiger charge is 2.27. The van der Waals surface area contributed by atoms with E-state index >= 15 is 0 Å². The smallest absolute Gasteiger partial charge is 0.258 e. The second kappa shape index (κ2) is 10.1. The van der Waals surface area contributed by atoms with Gasteiger partial charge in [0, 0.05) is 26.2 Å². The largest absolute Gasteiger partial charge is 0.346 e. The molecule has 3 aromatic carbocycles. The first-order valence-electron chi connectivity index (χ1n) is 10.3. The molecule has 31 heavy (non-hydrogen) atoms. The summed E-state index contributed by atoms with van der Waals surface area (Å²) in [5, 5.41) is 3.69. The molecule has 4 nitrogen and oxygen atoms in total. The fraction of sp³-hybridized carbons (Fsp3) is 0.200. The summed E-state index contributed by atoms with van der Waals surface area (Å²) < 4.78 is 0. The van der Waals surface area contributed by atoms with E-state index in [4.69, 9.17) is 23.8 Å². The molecule has 6 heteroatoms. The molecule has 0 aliphatic carbocycles. The van der Waals surface area contributed by atoms with Crippen LogP contribution < -0.4 is 5.32 Å². The van der Waals surface area contributed by atoms with Gasteiger partial charge in [0.25, 0.3) is 5.91 Å². The Bertz CT molecular complexity index is 997. The van der Waals surface area contributed by atoms with E-state index in [1.54, 1.807) is 24.3 Å². The number of carbonyl (C=O) groups is 1. The fourth-order valence-electron chi connectivity index (χ4n) is 3.96. The van der Waals surface area contributed by atoms with Gasteiger partial charge in [-0.05, 0) is 35.5 Å². The van der Waals surface area contributed by atoms with E-state index in [1.165, 1.54) is 11.1 Å². The Labute approximate surface area is 193 Å². The van der Waals surface area contributed by atoms with E-state index < -0.39 is 0 Å². The van der Waals surface area contributed by atoms with Crippen LogP contribution >= 0.6 is 23.8 Å². The second-order valence-electron chi connectivity index (χ2n) is 7.49. The van der Waals surface area contributed by atoms with Gasteiger partial charge >= 0.3 is 0 Å². The van der Waals surface area contributed by atoms with Crippen LogP contribution in [0.25, 0.3) is 0 Å². The molecule has 0 radical (unpaired) electrons. The average Bonchev–Trinajstić information content (AvgIpc) is 2.81. The molecule has 0 unspecified atom stereocenters. The number of hydrogen-bond acceptors (Lipinski definition) is 3. The number of thiocarbonyl (C=S) groups is 1. The summed E-state index contributed by atoms with van der Waals surface area (Å²) in [4.78, 5) is 17.1. The molecule has 1 aliphatic heterocycles. The molecule has 158 valence electrons. The Morgan fingerprint density at radius 2 is 1.32 bits per heavy atom. The molecular weight excluding hydrogens is 426 g/mol. The first kappa shape index (κ1) is 21.5. The molecule has 3 aromatic rings. The molecule has 1 heterocycles. The van der Waals surface area contributed by atoms with Crippen molar-refractivity contribution in [2.75, 3.05) is 26.2 Å². The lowest BCUT2D eigenvalue weighted by Gasteiger charge is -2.40. The second-order valence-corrected chi connectivity index (χ2v) is 8.28. The predicted molar refractivity (Wildman–Crippen MR) is 129 cm³/mol. The van der Waals surface area contributed by atoms with Gasteiger partial charge in [0.1, 0.15) is 0 Å². The van der Waals surface area contributed by atoms with Gasteiger partial charge in [0.15, 0.2) is 5.11 Å². The van der Waals surface area contributed by atoms with Crippen LogP contribution in [-0.4, -0.2) is 47.0 Å².